The molecular formula is C9H9Na. The van der Waals surface area contributed by atoms with E-state index in [1.807, 2.05) is 30.3 Å². The molecule has 0 amide bonds. The van der Waals surface area contributed by atoms with Gasteiger partial charge < -0.3 is 0 Å². The molecule has 0 fully saturated rings. The molecule has 0 atom stereocenters. The fourth-order valence-electron chi connectivity index (χ4n) is 0.714. The maximum absolute atomic E-state index is 5.11. The Morgan fingerprint density at radius 1 is 1.20 bits per heavy atom. The van der Waals surface area contributed by atoms with Gasteiger partial charge in [-0.15, -0.1) is 12.3 Å². The zero-order valence-corrected chi connectivity index (χ0v) is 5.17. The quantitative estimate of drug-likeness (QED) is 0.406. The fraction of sp³-hybridized carbons (Fsp3) is 0.111. The fourth-order valence-corrected chi connectivity index (χ4v) is 0.714. The molecule has 0 heterocycles. The molecule has 1 aromatic rings. The van der Waals surface area contributed by atoms with Crippen molar-refractivity contribution in [3.63, 3.8) is 0 Å². The van der Waals surface area contributed by atoms with Crippen LogP contribution in [0, 0.1) is 12.3 Å². The summed E-state index contributed by atoms with van der Waals surface area (Å²) in [6.45, 7) is 0. The van der Waals surface area contributed by atoms with E-state index in [1.54, 1.807) is 0 Å². The van der Waals surface area contributed by atoms with Crippen molar-refractivity contribution in [3.05, 3.63) is 35.9 Å². The van der Waals surface area contributed by atoms with Crippen molar-refractivity contribution in [3.8, 4) is 12.3 Å². The topological polar surface area (TPSA) is 0 Å². The molecule has 1 rings (SSSR count). The molecule has 10 heavy (non-hydrogen) atoms. The average Bonchev–Trinajstić information content (AvgIpc) is 1.91. The Morgan fingerprint density at radius 3 is 2.30 bits per heavy atom. The van der Waals surface area contributed by atoms with E-state index >= 15 is 0 Å². The third-order valence-electron chi connectivity index (χ3n) is 1.15. The summed E-state index contributed by atoms with van der Waals surface area (Å²) in [6.07, 6.45) is 5.85. The van der Waals surface area contributed by atoms with E-state index in [4.69, 9.17) is 6.42 Å². The van der Waals surface area contributed by atoms with Crippen molar-refractivity contribution in [1.82, 2.24) is 0 Å². The molecule has 0 aliphatic carbocycles. The van der Waals surface area contributed by atoms with Crippen molar-refractivity contribution in [1.29, 1.82) is 0 Å². The van der Waals surface area contributed by atoms with E-state index in [2.05, 4.69) is 5.92 Å². The van der Waals surface area contributed by atoms with E-state index in [0.29, 0.717) is 0 Å². The molecule has 0 aromatic heterocycles. The molecule has 0 radical (unpaired) electrons. The first-order chi connectivity index (χ1) is 4.43. The average molecular weight is 140 g/mol. The third-order valence-corrected chi connectivity index (χ3v) is 1.15. The summed E-state index contributed by atoms with van der Waals surface area (Å²) in [4.78, 5) is 0. The Bertz CT molecular complexity index is 208. The van der Waals surface area contributed by atoms with Gasteiger partial charge in [-0.25, -0.2) is 0 Å². The number of hydrogen-bond donors (Lipinski definition) is 0. The van der Waals surface area contributed by atoms with Crippen LogP contribution < -0.4 is 0 Å². The Morgan fingerprint density at radius 2 is 1.80 bits per heavy atom. The second-order valence-electron chi connectivity index (χ2n) is 1.87. The normalized spacial score (nSPS) is 7.50. The van der Waals surface area contributed by atoms with Crippen LogP contribution in [-0.2, 0) is 6.42 Å². The van der Waals surface area contributed by atoms with Gasteiger partial charge in [-0.3, -0.25) is 0 Å². The predicted molar refractivity (Wildman–Crippen MR) is 46.1 cm³/mol. The molecule has 1 aromatic carbocycles. The van der Waals surface area contributed by atoms with E-state index in [9.17, 15) is 0 Å². The van der Waals surface area contributed by atoms with E-state index in [0.717, 1.165) is 6.42 Å². The first-order valence-corrected chi connectivity index (χ1v) is 2.91. The van der Waals surface area contributed by atoms with Crippen molar-refractivity contribution < 1.29 is 0 Å². The molecule has 0 saturated heterocycles. The van der Waals surface area contributed by atoms with Gasteiger partial charge in [0.15, 0.2) is 0 Å². The molecule has 0 bridgehead atoms. The van der Waals surface area contributed by atoms with Crippen LogP contribution in [0.15, 0.2) is 30.3 Å². The third kappa shape index (κ3) is 3.08. The van der Waals surface area contributed by atoms with E-state index in [1.165, 1.54) is 5.56 Å². The van der Waals surface area contributed by atoms with Gasteiger partial charge in [0, 0.05) is 6.42 Å². The molecule has 46 valence electrons. The molecular weight excluding hydrogens is 131 g/mol. The number of benzene rings is 1. The van der Waals surface area contributed by atoms with Crippen LogP contribution in [0.3, 0.4) is 0 Å². The van der Waals surface area contributed by atoms with Crippen LogP contribution in [-0.4, -0.2) is 29.6 Å². The van der Waals surface area contributed by atoms with Crippen molar-refractivity contribution >= 4 is 29.6 Å². The molecule has 0 saturated carbocycles. The summed E-state index contributed by atoms with van der Waals surface area (Å²) >= 11 is 0. The summed E-state index contributed by atoms with van der Waals surface area (Å²) in [5.74, 6) is 2.58. The molecule has 1 heteroatoms. The van der Waals surface area contributed by atoms with Crippen molar-refractivity contribution in [2.75, 3.05) is 0 Å². The Labute approximate surface area is 83.9 Å². The van der Waals surface area contributed by atoms with Gasteiger partial charge in [0.1, 0.15) is 0 Å². The molecule has 0 spiro atoms. The Hall–Kier alpha value is -0.220. The van der Waals surface area contributed by atoms with Crippen LogP contribution >= 0.6 is 0 Å². The van der Waals surface area contributed by atoms with Crippen LogP contribution in [0.5, 0.6) is 0 Å². The first-order valence-electron chi connectivity index (χ1n) is 2.91. The van der Waals surface area contributed by atoms with Gasteiger partial charge in [0.2, 0.25) is 0 Å². The SMILES string of the molecule is C#CCc1ccccc1.[NaH]. The second kappa shape index (κ2) is 5.56. The first kappa shape index (κ1) is 9.78. The monoisotopic (exact) mass is 140 g/mol. The van der Waals surface area contributed by atoms with Crippen molar-refractivity contribution in [2.24, 2.45) is 0 Å². The van der Waals surface area contributed by atoms with Gasteiger partial charge in [0.05, 0.1) is 0 Å². The maximum atomic E-state index is 5.11. The summed E-state index contributed by atoms with van der Waals surface area (Å²) in [7, 11) is 0. The van der Waals surface area contributed by atoms with Crippen molar-refractivity contribution in [2.45, 2.75) is 6.42 Å². The van der Waals surface area contributed by atoms with Crippen LogP contribution in [0.25, 0.3) is 0 Å². The summed E-state index contributed by atoms with van der Waals surface area (Å²) in [5.41, 5.74) is 1.21. The number of terminal acetylenes is 1. The van der Waals surface area contributed by atoms with Crippen LogP contribution in [0.2, 0.25) is 0 Å². The zero-order valence-electron chi connectivity index (χ0n) is 5.17. The Balaban J connectivity index is 0.000000810. The molecule has 0 N–H and O–H groups in total. The second-order valence-corrected chi connectivity index (χ2v) is 1.87. The van der Waals surface area contributed by atoms with E-state index in [-0.39, 0.29) is 29.6 Å². The minimum absolute atomic E-state index is 0. The summed E-state index contributed by atoms with van der Waals surface area (Å²) in [6, 6.07) is 10.0. The summed E-state index contributed by atoms with van der Waals surface area (Å²) < 4.78 is 0. The van der Waals surface area contributed by atoms with Gasteiger partial charge in [-0.1, -0.05) is 30.3 Å². The predicted octanol–water partition coefficient (Wildman–Crippen LogP) is 1.21. The molecule has 0 aliphatic heterocycles. The van der Waals surface area contributed by atoms with Crippen LogP contribution in [0.4, 0.5) is 0 Å². The standard InChI is InChI=1S/C9H8.Na.H/c1-2-6-9-7-4-3-5-8-9;;/h1,3-5,7-8H,6H2;;. The summed E-state index contributed by atoms with van der Waals surface area (Å²) in [5, 5.41) is 0. The molecule has 0 unspecified atom stereocenters. The molecule has 0 nitrogen and oxygen atoms in total. The Kier molecular flexibility index (Phi) is 5.43. The van der Waals surface area contributed by atoms with Crippen LogP contribution in [0.1, 0.15) is 5.56 Å². The number of hydrogen-bond acceptors (Lipinski definition) is 0. The van der Waals surface area contributed by atoms with Gasteiger partial charge >= 0.3 is 29.6 Å². The van der Waals surface area contributed by atoms with Gasteiger partial charge in [-0.2, -0.15) is 0 Å². The zero-order chi connectivity index (χ0) is 6.53. The van der Waals surface area contributed by atoms with E-state index < -0.39 is 0 Å². The molecule has 0 aliphatic rings. The van der Waals surface area contributed by atoms with Gasteiger partial charge in [-0.05, 0) is 5.56 Å². The van der Waals surface area contributed by atoms with Gasteiger partial charge in [0.25, 0.3) is 0 Å². The minimum atomic E-state index is 0. The number of rotatable bonds is 1.